The molecule has 0 bridgehead atoms. The third kappa shape index (κ3) is 6.52. The Kier molecular flexibility index (Phi) is 8.77. The standard InChI is InChI=1S/C37H42N6O4/c1-25(44)40-13-9-27(10-14-40)36(46)42-15-11-31(12-16-42)41-17-19-43(20-18-41)37(47)29-22-33(26-5-3-2-4-6-26)39-34(23-29)28-7-8-32-30(21-28)24-38-35(32)45/h2-8,21-23,27,31H,9-20,24H2,1H3,(H,38,45). The van der Waals surface area contributed by atoms with Crippen LogP contribution in [-0.4, -0.2) is 107 Å². The van der Waals surface area contributed by atoms with E-state index in [0.717, 1.165) is 74.2 Å². The number of nitrogens with zero attached hydrogens (tertiary/aromatic N) is 5. The fourth-order valence-electron chi connectivity index (χ4n) is 7.57. The van der Waals surface area contributed by atoms with Gasteiger partial charge in [-0.1, -0.05) is 36.4 Å². The highest BCUT2D eigenvalue weighted by molar-refractivity contribution is 5.99. The van der Waals surface area contributed by atoms with Crippen molar-refractivity contribution in [2.24, 2.45) is 5.92 Å². The molecule has 4 aliphatic rings. The number of carbonyl (C=O) groups excluding carboxylic acids is 4. The molecule has 10 heteroatoms. The molecule has 3 saturated heterocycles. The van der Waals surface area contributed by atoms with Crippen LogP contribution < -0.4 is 5.32 Å². The van der Waals surface area contributed by atoms with E-state index in [4.69, 9.17) is 4.98 Å². The van der Waals surface area contributed by atoms with Crippen molar-refractivity contribution in [3.8, 4) is 22.5 Å². The monoisotopic (exact) mass is 634 g/mol. The lowest BCUT2D eigenvalue weighted by molar-refractivity contribution is -0.141. The molecule has 4 aliphatic heterocycles. The molecule has 3 aromatic rings. The van der Waals surface area contributed by atoms with E-state index in [1.165, 1.54) is 0 Å². The predicted octanol–water partition coefficient (Wildman–Crippen LogP) is 3.67. The van der Waals surface area contributed by atoms with E-state index >= 15 is 0 Å². The van der Waals surface area contributed by atoms with E-state index in [1.807, 2.05) is 75.4 Å². The maximum absolute atomic E-state index is 14.0. The zero-order valence-corrected chi connectivity index (χ0v) is 27.0. The van der Waals surface area contributed by atoms with Gasteiger partial charge in [0.05, 0.1) is 11.4 Å². The molecule has 47 heavy (non-hydrogen) atoms. The van der Waals surface area contributed by atoms with E-state index in [-0.39, 0.29) is 29.5 Å². The number of aromatic nitrogens is 1. The van der Waals surface area contributed by atoms with Crippen LogP contribution in [0.25, 0.3) is 22.5 Å². The average Bonchev–Trinajstić information content (AvgIpc) is 3.51. The Balaban J connectivity index is 0.989. The molecule has 2 aromatic carbocycles. The highest BCUT2D eigenvalue weighted by Crippen LogP contribution is 2.29. The number of fused-ring (bicyclic) bond motifs is 1. The van der Waals surface area contributed by atoms with Gasteiger partial charge in [-0.05, 0) is 55.5 Å². The number of hydrogen-bond acceptors (Lipinski definition) is 6. The minimum absolute atomic E-state index is 0.000257. The molecule has 0 saturated carbocycles. The molecular weight excluding hydrogens is 592 g/mol. The van der Waals surface area contributed by atoms with Crippen LogP contribution >= 0.6 is 0 Å². The summed E-state index contributed by atoms with van der Waals surface area (Å²) in [6.07, 6.45) is 3.40. The Bertz CT molecular complexity index is 1670. The summed E-state index contributed by atoms with van der Waals surface area (Å²) in [6.45, 7) is 7.89. The lowest BCUT2D eigenvalue weighted by Crippen LogP contribution is -2.55. The zero-order valence-electron chi connectivity index (χ0n) is 27.0. The van der Waals surface area contributed by atoms with Gasteiger partial charge in [-0.2, -0.15) is 0 Å². The molecule has 4 amide bonds. The second kappa shape index (κ2) is 13.3. The highest BCUT2D eigenvalue weighted by Gasteiger charge is 2.34. The average molecular weight is 635 g/mol. The number of piperazine rings is 1. The number of amides is 4. The largest absolute Gasteiger partial charge is 0.348 e. The number of rotatable bonds is 5. The van der Waals surface area contributed by atoms with Gasteiger partial charge in [0.25, 0.3) is 11.8 Å². The third-order valence-corrected chi connectivity index (χ3v) is 10.4. The molecule has 5 heterocycles. The molecule has 7 rings (SSSR count). The fraction of sp³-hybridized carbons (Fsp3) is 0.432. The van der Waals surface area contributed by atoms with Gasteiger partial charge < -0.3 is 20.0 Å². The zero-order chi connectivity index (χ0) is 32.5. The van der Waals surface area contributed by atoms with Crippen LogP contribution in [0.3, 0.4) is 0 Å². The molecular formula is C37H42N6O4. The topological polar surface area (TPSA) is 106 Å². The molecule has 1 N–H and O–H groups in total. The smallest absolute Gasteiger partial charge is 0.254 e. The molecule has 0 atom stereocenters. The number of nitrogens with one attached hydrogen (secondary N) is 1. The summed E-state index contributed by atoms with van der Waals surface area (Å²) < 4.78 is 0. The lowest BCUT2D eigenvalue weighted by atomic mass is 9.93. The summed E-state index contributed by atoms with van der Waals surface area (Å²) in [5, 5.41) is 2.87. The fourth-order valence-corrected chi connectivity index (χ4v) is 7.57. The van der Waals surface area contributed by atoms with Gasteiger partial charge in [0.15, 0.2) is 0 Å². The van der Waals surface area contributed by atoms with Crippen molar-refractivity contribution in [1.82, 2.24) is 29.9 Å². The third-order valence-electron chi connectivity index (χ3n) is 10.4. The Hall–Kier alpha value is -4.57. The van der Waals surface area contributed by atoms with Crippen molar-refractivity contribution in [2.75, 3.05) is 52.4 Å². The van der Waals surface area contributed by atoms with Crippen molar-refractivity contribution in [2.45, 2.75) is 45.2 Å². The maximum Gasteiger partial charge on any atom is 0.254 e. The SMILES string of the molecule is CC(=O)N1CCC(C(=O)N2CCC(N3CCN(C(=O)c4cc(-c5ccccc5)nc(-c5ccc6c(c5)CNC6=O)c4)CC3)CC2)CC1. The van der Waals surface area contributed by atoms with Crippen LogP contribution in [-0.2, 0) is 16.1 Å². The first-order valence-corrected chi connectivity index (χ1v) is 16.9. The Morgan fingerprint density at radius 2 is 1.38 bits per heavy atom. The molecule has 0 radical (unpaired) electrons. The summed E-state index contributed by atoms with van der Waals surface area (Å²) in [5.41, 5.74) is 5.50. The van der Waals surface area contributed by atoms with E-state index in [1.54, 1.807) is 6.92 Å². The van der Waals surface area contributed by atoms with Gasteiger partial charge in [-0.15, -0.1) is 0 Å². The first-order chi connectivity index (χ1) is 22.8. The molecule has 3 fully saturated rings. The Labute approximate surface area is 275 Å². The number of carbonyl (C=O) groups is 4. The second-order valence-corrected chi connectivity index (χ2v) is 13.2. The van der Waals surface area contributed by atoms with Crippen molar-refractivity contribution >= 4 is 23.6 Å². The minimum atomic E-state index is -0.0608. The summed E-state index contributed by atoms with van der Waals surface area (Å²) in [4.78, 5) is 64.2. The molecule has 1 aromatic heterocycles. The second-order valence-electron chi connectivity index (χ2n) is 13.2. The van der Waals surface area contributed by atoms with Gasteiger partial charge in [-0.3, -0.25) is 24.1 Å². The molecule has 0 unspecified atom stereocenters. The Morgan fingerprint density at radius 1 is 0.723 bits per heavy atom. The number of likely N-dealkylation sites (tertiary alicyclic amines) is 2. The van der Waals surface area contributed by atoms with Gasteiger partial charge in [0.1, 0.15) is 0 Å². The van der Waals surface area contributed by atoms with E-state index < -0.39 is 0 Å². The van der Waals surface area contributed by atoms with Crippen LogP contribution in [0.5, 0.6) is 0 Å². The Morgan fingerprint density at radius 3 is 2.06 bits per heavy atom. The van der Waals surface area contributed by atoms with Gasteiger partial charge in [-0.25, -0.2) is 4.98 Å². The first kappa shape index (κ1) is 31.1. The molecule has 0 aliphatic carbocycles. The number of hydrogen-bond donors (Lipinski definition) is 1. The highest BCUT2D eigenvalue weighted by atomic mass is 16.2. The first-order valence-electron chi connectivity index (χ1n) is 16.9. The van der Waals surface area contributed by atoms with Crippen LogP contribution in [0.1, 0.15) is 58.9 Å². The number of pyridine rings is 1. The minimum Gasteiger partial charge on any atom is -0.348 e. The normalized spacial score (nSPS) is 19.4. The van der Waals surface area contributed by atoms with E-state index in [0.29, 0.717) is 55.6 Å². The number of piperidine rings is 2. The van der Waals surface area contributed by atoms with E-state index in [9.17, 15) is 19.2 Å². The van der Waals surface area contributed by atoms with Crippen molar-refractivity contribution in [3.05, 3.63) is 77.4 Å². The van der Waals surface area contributed by atoms with Gasteiger partial charge >= 0.3 is 0 Å². The van der Waals surface area contributed by atoms with Crippen LogP contribution in [0.2, 0.25) is 0 Å². The van der Waals surface area contributed by atoms with Gasteiger partial charge in [0, 0.05) is 100 Å². The lowest BCUT2D eigenvalue weighted by Gasteiger charge is -2.43. The van der Waals surface area contributed by atoms with Crippen molar-refractivity contribution < 1.29 is 19.2 Å². The van der Waals surface area contributed by atoms with E-state index in [2.05, 4.69) is 10.2 Å². The molecule has 244 valence electrons. The molecule has 10 nitrogen and oxygen atoms in total. The quantitative estimate of drug-likeness (QED) is 0.460. The maximum atomic E-state index is 14.0. The van der Waals surface area contributed by atoms with Crippen LogP contribution in [0, 0.1) is 5.92 Å². The van der Waals surface area contributed by atoms with Crippen LogP contribution in [0.15, 0.2) is 60.7 Å². The summed E-state index contributed by atoms with van der Waals surface area (Å²) in [7, 11) is 0. The van der Waals surface area contributed by atoms with Crippen LogP contribution in [0.4, 0.5) is 0 Å². The van der Waals surface area contributed by atoms with Crippen molar-refractivity contribution in [1.29, 1.82) is 0 Å². The van der Waals surface area contributed by atoms with Crippen molar-refractivity contribution in [3.63, 3.8) is 0 Å². The summed E-state index contributed by atoms with van der Waals surface area (Å²) in [5.74, 6) is 0.304. The predicted molar refractivity (Wildman–Crippen MR) is 178 cm³/mol. The van der Waals surface area contributed by atoms with Gasteiger partial charge in [0.2, 0.25) is 11.8 Å². The summed E-state index contributed by atoms with van der Waals surface area (Å²) >= 11 is 0. The molecule has 0 spiro atoms. The number of benzene rings is 2. The summed E-state index contributed by atoms with van der Waals surface area (Å²) in [6, 6.07) is 19.8.